The van der Waals surface area contributed by atoms with Crippen molar-refractivity contribution in [3.05, 3.63) is 35.0 Å². The van der Waals surface area contributed by atoms with Gasteiger partial charge in [0, 0.05) is 28.6 Å². The number of hydrogen-bond donors (Lipinski definition) is 2. The van der Waals surface area contributed by atoms with Gasteiger partial charge in [-0.2, -0.15) is 0 Å². The number of hydrogen-bond acceptors (Lipinski definition) is 2. The minimum absolute atomic E-state index is 0.182. The van der Waals surface area contributed by atoms with Crippen LogP contribution in [0, 0.1) is 19.8 Å². The minimum Gasteiger partial charge on any atom is -0.360 e. The number of benzene rings is 1. The number of fused-ring (bicyclic) bond motifs is 1. The first-order chi connectivity index (χ1) is 9.16. The number of aromatic amines is 1. The van der Waals surface area contributed by atoms with E-state index in [9.17, 15) is 4.79 Å². The van der Waals surface area contributed by atoms with Crippen LogP contribution in [0.2, 0.25) is 0 Å². The molecule has 2 N–H and O–H groups in total. The van der Waals surface area contributed by atoms with Crippen LogP contribution in [0.1, 0.15) is 34.3 Å². The SMILES string of the molecule is Cc1cc(C)c2[nH]cc(C(=O)C3CCNCC3)c2c1. The average Bonchev–Trinajstić information content (AvgIpc) is 2.83. The molecule has 19 heavy (non-hydrogen) atoms. The Morgan fingerprint density at radius 1 is 1.21 bits per heavy atom. The maximum absolute atomic E-state index is 12.6. The fraction of sp³-hybridized carbons (Fsp3) is 0.438. The normalized spacial score (nSPS) is 16.9. The molecule has 3 nitrogen and oxygen atoms in total. The van der Waals surface area contributed by atoms with E-state index >= 15 is 0 Å². The molecule has 100 valence electrons. The molecule has 1 fully saturated rings. The Morgan fingerprint density at radius 3 is 2.68 bits per heavy atom. The molecule has 0 spiro atoms. The van der Waals surface area contributed by atoms with Crippen molar-refractivity contribution in [2.45, 2.75) is 26.7 Å². The number of carbonyl (C=O) groups excluding carboxylic acids is 1. The van der Waals surface area contributed by atoms with Crippen LogP contribution in [0.5, 0.6) is 0 Å². The van der Waals surface area contributed by atoms with Crippen molar-refractivity contribution in [2.75, 3.05) is 13.1 Å². The number of nitrogens with one attached hydrogen (secondary N) is 2. The summed E-state index contributed by atoms with van der Waals surface area (Å²) < 4.78 is 0. The number of carbonyl (C=O) groups is 1. The van der Waals surface area contributed by atoms with Crippen LogP contribution in [-0.2, 0) is 0 Å². The van der Waals surface area contributed by atoms with E-state index in [0.717, 1.165) is 42.4 Å². The summed E-state index contributed by atoms with van der Waals surface area (Å²) in [4.78, 5) is 15.9. The van der Waals surface area contributed by atoms with Gasteiger partial charge < -0.3 is 10.3 Å². The second kappa shape index (κ2) is 4.82. The highest BCUT2D eigenvalue weighted by molar-refractivity contribution is 6.09. The molecular weight excluding hydrogens is 236 g/mol. The van der Waals surface area contributed by atoms with Gasteiger partial charge in [0.15, 0.2) is 5.78 Å². The number of Topliss-reactive ketones (excluding diaryl/α,β-unsaturated/α-hetero) is 1. The van der Waals surface area contributed by atoms with Gasteiger partial charge in [0.05, 0.1) is 0 Å². The van der Waals surface area contributed by atoms with Gasteiger partial charge in [-0.25, -0.2) is 0 Å². The van der Waals surface area contributed by atoms with E-state index in [1.165, 1.54) is 11.1 Å². The van der Waals surface area contributed by atoms with Crippen LogP contribution in [0.3, 0.4) is 0 Å². The number of aromatic nitrogens is 1. The van der Waals surface area contributed by atoms with E-state index in [1.54, 1.807) is 0 Å². The maximum atomic E-state index is 12.6. The molecule has 1 aliphatic heterocycles. The molecule has 2 aromatic rings. The smallest absolute Gasteiger partial charge is 0.168 e. The van der Waals surface area contributed by atoms with E-state index in [1.807, 2.05) is 6.20 Å². The Bertz CT molecular complexity index is 621. The summed E-state index contributed by atoms with van der Waals surface area (Å²) in [5.41, 5.74) is 4.39. The van der Waals surface area contributed by atoms with E-state index in [2.05, 4.69) is 36.3 Å². The largest absolute Gasteiger partial charge is 0.360 e. The van der Waals surface area contributed by atoms with Gasteiger partial charge >= 0.3 is 0 Å². The molecule has 1 aromatic heterocycles. The molecule has 1 saturated heterocycles. The first-order valence-corrected chi connectivity index (χ1v) is 7.00. The summed E-state index contributed by atoms with van der Waals surface area (Å²) in [5, 5.41) is 4.39. The minimum atomic E-state index is 0.182. The molecule has 0 saturated carbocycles. The van der Waals surface area contributed by atoms with Gasteiger partial charge in [0.2, 0.25) is 0 Å². The van der Waals surface area contributed by atoms with E-state index in [0.29, 0.717) is 5.78 Å². The Labute approximate surface area is 113 Å². The summed E-state index contributed by atoms with van der Waals surface area (Å²) in [6, 6.07) is 4.27. The number of H-pyrrole nitrogens is 1. The first-order valence-electron chi connectivity index (χ1n) is 7.00. The zero-order chi connectivity index (χ0) is 13.4. The van der Waals surface area contributed by atoms with Crippen molar-refractivity contribution >= 4 is 16.7 Å². The van der Waals surface area contributed by atoms with Gasteiger partial charge in [-0.1, -0.05) is 11.6 Å². The molecule has 1 aliphatic rings. The maximum Gasteiger partial charge on any atom is 0.168 e. The highest BCUT2D eigenvalue weighted by Crippen LogP contribution is 2.27. The highest BCUT2D eigenvalue weighted by atomic mass is 16.1. The number of piperidine rings is 1. The second-order valence-corrected chi connectivity index (χ2v) is 5.60. The Hall–Kier alpha value is -1.61. The zero-order valence-electron chi connectivity index (χ0n) is 11.5. The van der Waals surface area contributed by atoms with Crippen molar-refractivity contribution in [3.8, 4) is 0 Å². The highest BCUT2D eigenvalue weighted by Gasteiger charge is 2.24. The zero-order valence-corrected chi connectivity index (χ0v) is 11.5. The molecule has 0 amide bonds. The standard InChI is InChI=1S/C16H20N2O/c1-10-7-11(2)15-13(8-10)14(9-18-15)16(19)12-3-5-17-6-4-12/h7-9,12,17-18H,3-6H2,1-2H3. The molecule has 1 aromatic carbocycles. The molecule has 0 bridgehead atoms. The third-order valence-corrected chi connectivity index (χ3v) is 4.11. The van der Waals surface area contributed by atoms with Gasteiger partial charge in [-0.05, 0) is 51.4 Å². The van der Waals surface area contributed by atoms with E-state index < -0.39 is 0 Å². The van der Waals surface area contributed by atoms with Gasteiger partial charge in [-0.15, -0.1) is 0 Å². The Kier molecular flexibility index (Phi) is 3.15. The monoisotopic (exact) mass is 256 g/mol. The summed E-state index contributed by atoms with van der Waals surface area (Å²) in [7, 11) is 0. The van der Waals surface area contributed by atoms with Crippen molar-refractivity contribution in [2.24, 2.45) is 5.92 Å². The van der Waals surface area contributed by atoms with E-state index in [-0.39, 0.29) is 5.92 Å². The molecule has 3 heteroatoms. The molecule has 0 atom stereocenters. The molecular formula is C16H20N2O. The number of aryl methyl sites for hydroxylation is 2. The predicted molar refractivity (Wildman–Crippen MR) is 77.7 cm³/mol. The lowest BCUT2D eigenvalue weighted by atomic mass is 9.89. The lowest BCUT2D eigenvalue weighted by Crippen LogP contribution is -2.31. The van der Waals surface area contributed by atoms with Crippen LogP contribution in [0.4, 0.5) is 0 Å². The first kappa shape index (κ1) is 12.4. The van der Waals surface area contributed by atoms with Crippen LogP contribution in [0.15, 0.2) is 18.3 Å². The third-order valence-electron chi connectivity index (χ3n) is 4.11. The lowest BCUT2D eigenvalue weighted by Gasteiger charge is -2.21. The molecule has 0 unspecified atom stereocenters. The van der Waals surface area contributed by atoms with Gasteiger partial charge in [0.1, 0.15) is 0 Å². The van der Waals surface area contributed by atoms with Crippen LogP contribution >= 0.6 is 0 Å². The predicted octanol–water partition coefficient (Wildman–Crippen LogP) is 2.97. The van der Waals surface area contributed by atoms with Gasteiger partial charge in [-0.3, -0.25) is 4.79 Å². The van der Waals surface area contributed by atoms with Crippen molar-refractivity contribution in [1.29, 1.82) is 0 Å². The third kappa shape index (κ3) is 2.19. The number of rotatable bonds is 2. The Morgan fingerprint density at radius 2 is 1.95 bits per heavy atom. The summed E-state index contributed by atoms with van der Waals surface area (Å²) in [5.74, 6) is 0.485. The second-order valence-electron chi connectivity index (χ2n) is 5.60. The quantitative estimate of drug-likeness (QED) is 0.811. The summed E-state index contributed by atoms with van der Waals surface area (Å²) in [6.07, 6.45) is 3.80. The van der Waals surface area contributed by atoms with Crippen LogP contribution in [0.25, 0.3) is 10.9 Å². The lowest BCUT2D eigenvalue weighted by molar-refractivity contribution is 0.0897. The van der Waals surface area contributed by atoms with Crippen LogP contribution in [-0.4, -0.2) is 23.9 Å². The van der Waals surface area contributed by atoms with Crippen LogP contribution < -0.4 is 5.32 Å². The van der Waals surface area contributed by atoms with Crippen molar-refractivity contribution in [3.63, 3.8) is 0 Å². The average molecular weight is 256 g/mol. The van der Waals surface area contributed by atoms with E-state index in [4.69, 9.17) is 0 Å². The Balaban J connectivity index is 2.02. The van der Waals surface area contributed by atoms with Crippen molar-refractivity contribution < 1.29 is 4.79 Å². The molecule has 2 heterocycles. The molecule has 0 aliphatic carbocycles. The van der Waals surface area contributed by atoms with Crippen molar-refractivity contribution in [1.82, 2.24) is 10.3 Å². The number of ketones is 1. The summed E-state index contributed by atoms with van der Waals surface area (Å²) >= 11 is 0. The fourth-order valence-electron chi connectivity index (χ4n) is 3.10. The molecule has 3 rings (SSSR count). The molecule has 0 radical (unpaired) electrons. The van der Waals surface area contributed by atoms with Gasteiger partial charge in [0.25, 0.3) is 0 Å². The summed E-state index contributed by atoms with van der Waals surface area (Å²) in [6.45, 7) is 6.08. The topological polar surface area (TPSA) is 44.9 Å². The fourth-order valence-corrected chi connectivity index (χ4v) is 3.10.